The molecular weight excluding hydrogens is 550 g/mol. The number of hydrogen-bond acceptors (Lipinski definition) is 7. The fraction of sp³-hybridized carbons (Fsp3) is 0.355. The van der Waals surface area contributed by atoms with Crippen LogP contribution in [0.5, 0.6) is 11.5 Å². The van der Waals surface area contributed by atoms with Crippen LogP contribution in [0.4, 0.5) is 0 Å². The van der Waals surface area contributed by atoms with Crippen LogP contribution >= 0.6 is 11.6 Å². The smallest absolute Gasteiger partial charge is 0.339 e. The van der Waals surface area contributed by atoms with Gasteiger partial charge in [-0.3, -0.25) is 9.59 Å². The summed E-state index contributed by atoms with van der Waals surface area (Å²) < 4.78 is 38.2. The third kappa shape index (κ3) is 5.10. The van der Waals surface area contributed by atoms with Crippen LogP contribution in [0.3, 0.4) is 0 Å². The van der Waals surface area contributed by atoms with Gasteiger partial charge in [0.2, 0.25) is 0 Å². The highest BCUT2D eigenvalue weighted by Gasteiger charge is 2.42. The first-order valence-corrected chi connectivity index (χ1v) is 15.3. The summed E-state index contributed by atoms with van der Waals surface area (Å²) in [4.78, 5) is 28.8. The molecule has 0 unspecified atom stereocenters. The maximum absolute atomic E-state index is 13.4. The van der Waals surface area contributed by atoms with E-state index in [1.54, 1.807) is 19.1 Å². The molecule has 0 atom stereocenters. The van der Waals surface area contributed by atoms with Gasteiger partial charge in [0.05, 0.1) is 6.61 Å². The molecule has 0 amide bonds. The molecule has 0 fully saturated rings. The van der Waals surface area contributed by atoms with Crippen LogP contribution in [0.1, 0.15) is 62.5 Å². The largest absolute Gasteiger partial charge is 0.490 e. The highest BCUT2D eigenvalue weighted by Crippen LogP contribution is 2.50. The van der Waals surface area contributed by atoms with E-state index in [0.717, 1.165) is 37.1 Å². The number of carbonyl (C=O) groups excluding carboxylic acids is 2. The van der Waals surface area contributed by atoms with E-state index in [1.807, 2.05) is 13.1 Å². The molecule has 9 heteroatoms. The topological polar surface area (TPSA) is 90.0 Å². The molecule has 0 saturated carbocycles. The Labute approximate surface area is 240 Å². The van der Waals surface area contributed by atoms with Gasteiger partial charge in [-0.1, -0.05) is 23.7 Å². The van der Waals surface area contributed by atoms with Crippen molar-refractivity contribution in [2.45, 2.75) is 62.7 Å². The number of hydrogen-bond donors (Lipinski definition) is 0. The maximum Gasteiger partial charge on any atom is 0.339 e. The van der Waals surface area contributed by atoms with E-state index >= 15 is 0 Å². The third-order valence-electron chi connectivity index (χ3n) is 7.69. The summed E-state index contributed by atoms with van der Waals surface area (Å²) in [6.45, 7) is 5.90. The van der Waals surface area contributed by atoms with Crippen LogP contribution in [0.15, 0.2) is 76.5 Å². The summed E-state index contributed by atoms with van der Waals surface area (Å²) >= 11 is 5.95. The standard InChI is InChI=1S/C31H32ClNO6S/c1-4-8-19-17-20(18-27(38-5-2)31(19)39-40(36,37)22-15-13-21(32)14-16-22)28-29-23(9-6-11-25(29)34)33(3)24-10-7-12-26(35)30(24)28/h4,13-18,28H,1,5-12H2,2-3H3. The molecule has 0 saturated heterocycles. The number of halogens is 1. The van der Waals surface area contributed by atoms with Crippen molar-refractivity contribution in [3.05, 3.63) is 87.7 Å². The quantitative estimate of drug-likeness (QED) is 0.268. The van der Waals surface area contributed by atoms with Gasteiger partial charge in [-0.25, -0.2) is 0 Å². The van der Waals surface area contributed by atoms with Gasteiger partial charge in [-0.2, -0.15) is 8.42 Å². The average molecular weight is 582 g/mol. The van der Waals surface area contributed by atoms with Gasteiger partial charge in [0.15, 0.2) is 23.1 Å². The molecule has 0 N–H and O–H groups in total. The monoisotopic (exact) mass is 581 g/mol. The van der Waals surface area contributed by atoms with Crippen molar-refractivity contribution in [1.29, 1.82) is 0 Å². The third-order valence-corrected chi connectivity index (χ3v) is 9.18. The van der Waals surface area contributed by atoms with Gasteiger partial charge in [-0.15, -0.1) is 6.58 Å². The maximum atomic E-state index is 13.4. The molecule has 7 nitrogen and oxygen atoms in total. The Hall–Kier alpha value is -3.36. The molecular formula is C31H32ClNO6S. The van der Waals surface area contributed by atoms with Crippen LogP contribution in [-0.4, -0.2) is 38.5 Å². The second-order valence-corrected chi connectivity index (χ2v) is 12.2. The lowest BCUT2D eigenvalue weighted by atomic mass is 9.71. The number of carbonyl (C=O) groups is 2. The predicted octanol–water partition coefficient (Wildman–Crippen LogP) is 6.28. The van der Waals surface area contributed by atoms with Crippen molar-refractivity contribution >= 4 is 33.3 Å². The molecule has 5 rings (SSSR count). The van der Waals surface area contributed by atoms with Gasteiger partial charge >= 0.3 is 10.1 Å². The van der Waals surface area contributed by atoms with E-state index in [4.69, 9.17) is 20.5 Å². The Morgan fingerprint density at radius 2 is 1.60 bits per heavy atom. The summed E-state index contributed by atoms with van der Waals surface area (Å²) in [5, 5.41) is 0.403. The zero-order chi connectivity index (χ0) is 28.6. The molecule has 0 aromatic heterocycles. The number of rotatable bonds is 8. The lowest BCUT2D eigenvalue weighted by molar-refractivity contribution is -0.117. The van der Waals surface area contributed by atoms with E-state index in [1.165, 1.54) is 24.3 Å². The van der Waals surface area contributed by atoms with Gasteiger partial charge in [0.1, 0.15) is 4.90 Å². The summed E-state index contributed by atoms with van der Waals surface area (Å²) in [7, 11) is -2.27. The Balaban J connectivity index is 1.70. The predicted molar refractivity (Wildman–Crippen MR) is 153 cm³/mol. The summed E-state index contributed by atoms with van der Waals surface area (Å²) in [5.74, 6) is -0.189. The molecule has 40 heavy (non-hydrogen) atoms. The zero-order valence-electron chi connectivity index (χ0n) is 22.7. The Kier molecular flexibility index (Phi) is 7.93. The van der Waals surface area contributed by atoms with Crippen LogP contribution in [-0.2, 0) is 26.1 Å². The number of Topliss-reactive ketones (excluding diaryl/α,β-unsaturated/α-hetero) is 2. The molecule has 2 aliphatic carbocycles. The van der Waals surface area contributed by atoms with Crippen molar-refractivity contribution in [3.8, 4) is 11.5 Å². The highest BCUT2D eigenvalue weighted by molar-refractivity contribution is 7.87. The molecule has 210 valence electrons. The summed E-state index contributed by atoms with van der Waals surface area (Å²) in [5.41, 5.74) is 4.46. The second-order valence-electron chi connectivity index (χ2n) is 10.2. The van der Waals surface area contributed by atoms with E-state index in [9.17, 15) is 18.0 Å². The minimum absolute atomic E-state index is 0.0388. The zero-order valence-corrected chi connectivity index (χ0v) is 24.2. The summed E-state index contributed by atoms with van der Waals surface area (Å²) in [6.07, 6.45) is 5.86. The summed E-state index contributed by atoms with van der Waals surface area (Å²) in [6, 6.07) is 9.26. The van der Waals surface area contributed by atoms with E-state index < -0.39 is 16.0 Å². The Bertz CT molecular complexity index is 1510. The minimum Gasteiger partial charge on any atom is -0.490 e. The normalized spacial score (nSPS) is 18.0. The van der Waals surface area contributed by atoms with Crippen molar-refractivity contribution in [2.24, 2.45) is 0 Å². The van der Waals surface area contributed by atoms with E-state index in [0.29, 0.717) is 40.1 Å². The number of ketones is 2. The number of allylic oxidation sites excluding steroid dienone is 5. The van der Waals surface area contributed by atoms with Crippen molar-refractivity contribution in [1.82, 2.24) is 4.90 Å². The minimum atomic E-state index is -4.22. The van der Waals surface area contributed by atoms with Gasteiger partial charge < -0.3 is 13.8 Å². The Morgan fingerprint density at radius 1 is 1.00 bits per heavy atom. The molecule has 2 aromatic rings. The lowest BCUT2D eigenvalue weighted by Crippen LogP contribution is -2.37. The van der Waals surface area contributed by atoms with Gasteiger partial charge in [0.25, 0.3) is 0 Å². The first kappa shape index (κ1) is 28.2. The molecule has 0 bridgehead atoms. The molecule has 1 heterocycles. The first-order valence-electron chi connectivity index (χ1n) is 13.5. The van der Waals surface area contributed by atoms with Crippen LogP contribution in [0.25, 0.3) is 0 Å². The van der Waals surface area contributed by atoms with Crippen LogP contribution in [0, 0.1) is 0 Å². The van der Waals surface area contributed by atoms with Crippen LogP contribution in [0.2, 0.25) is 5.02 Å². The SMILES string of the molecule is C=CCc1cc(C2C3=C(CCCC3=O)N(C)C3=C2C(=O)CCC3)cc(OCC)c1OS(=O)(=O)c1ccc(Cl)cc1. The fourth-order valence-electron chi connectivity index (χ4n) is 5.96. The first-order chi connectivity index (χ1) is 19.2. The van der Waals surface area contributed by atoms with Gasteiger partial charge in [0, 0.05) is 58.9 Å². The molecule has 3 aliphatic rings. The van der Waals surface area contributed by atoms with Crippen molar-refractivity contribution < 1.29 is 26.9 Å². The number of benzene rings is 2. The van der Waals surface area contributed by atoms with Crippen molar-refractivity contribution in [3.63, 3.8) is 0 Å². The van der Waals surface area contributed by atoms with Gasteiger partial charge in [-0.05, 0) is 74.9 Å². The number of nitrogens with zero attached hydrogens (tertiary/aromatic N) is 1. The fourth-order valence-corrected chi connectivity index (χ4v) is 7.06. The van der Waals surface area contributed by atoms with Crippen molar-refractivity contribution in [2.75, 3.05) is 13.7 Å². The highest BCUT2D eigenvalue weighted by atomic mass is 35.5. The Morgan fingerprint density at radius 3 is 2.15 bits per heavy atom. The van der Waals surface area contributed by atoms with E-state index in [2.05, 4.69) is 11.5 Å². The average Bonchev–Trinajstić information content (AvgIpc) is 2.92. The lowest BCUT2D eigenvalue weighted by Gasteiger charge is -2.42. The number of ether oxygens (including phenoxy) is 1. The van der Waals surface area contributed by atoms with E-state index in [-0.39, 0.29) is 41.0 Å². The molecule has 1 aliphatic heterocycles. The molecule has 2 aromatic carbocycles. The molecule has 0 radical (unpaired) electrons. The second kappa shape index (κ2) is 11.3. The molecule has 0 spiro atoms. The van der Waals surface area contributed by atoms with Crippen LogP contribution < -0.4 is 8.92 Å².